The maximum atomic E-state index is 5.96. The van der Waals surface area contributed by atoms with Crippen molar-refractivity contribution in [2.24, 2.45) is 0 Å². The summed E-state index contributed by atoms with van der Waals surface area (Å²) in [6, 6.07) is 8.27. The summed E-state index contributed by atoms with van der Waals surface area (Å²) in [6.45, 7) is 4.92. The van der Waals surface area contributed by atoms with Crippen molar-refractivity contribution in [1.29, 1.82) is 0 Å². The first kappa shape index (κ1) is 13.1. The predicted octanol–water partition coefficient (Wildman–Crippen LogP) is 3.92. The summed E-state index contributed by atoms with van der Waals surface area (Å²) < 4.78 is 12.8. The molecule has 1 heterocycles. The smallest absolute Gasteiger partial charge is 0.0721 e. The number of hydrogen-bond donors (Lipinski definition) is 0. The fraction of sp³-hybridized carbons (Fsp3) is 0.571. The largest absolute Gasteiger partial charge is 0.375 e. The first-order valence-electron chi connectivity index (χ1n) is 6.15. The molecule has 0 bridgehead atoms. The second-order valence-electron chi connectivity index (χ2n) is 4.79. The number of halogens is 1. The zero-order valence-corrected chi connectivity index (χ0v) is 11.9. The van der Waals surface area contributed by atoms with Crippen LogP contribution in [-0.4, -0.2) is 18.3 Å². The Balaban J connectivity index is 1.85. The van der Waals surface area contributed by atoms with Gasteiger partial charge in [-0.05, 0) is 44.4 Å². The molecule has 0 aromatic heterocycles. The molecular weight excluding hydrogens is 280 g/mol. The van der Waals surface area contributed by atoms with E-state index in [0.29, 0.717) is 24.9 Å². The van der Waals surface area contributed by atoms with Crippen LogP contribution in [0.2, 0.25) is 0 Å². The van der Waals surface area contributed by atoms with Gasteiger partial charge in [0.15, 0.2) is 0 Å². The minimum absolute atomic E-state index is 0.311. The summed E-state index contributed by atoms with van der Waals surface area (Å²) in [4.78, 5) is 0. The molecule has 2 rings (SSSR count). The maximum Gasteiger partial charge on any atom is 0.0721 e. The van der Waals surface area contributed by atoms with Crippen LogP contribution in [0.5, 0.6) is 0 Å². The first-order valence-corrected chi connectivity index (χ1v) is 6.94. The van der Waals surface area contributed by atoms with E-state index in [-0.39, 0.29) is 0 Å². The van der Waals surface area contributed by atoms with E-state index in [1.165, 1.54) is 5.56 Å². The third kappa shape index (κ3) is 4.09. The molecular formula is C14H19BrO2. The third-order valence-corrected chi connectivity index (χ3v) is 3.52. The van der Waals surface area contributed by atoms with Gasteiger partial charge in [-0.1, -0.05) is 28.1 Å². The van der Waals surface area contributed by atoms with Gasteiger partial charge in [0.25, 0.3) is 0 Å². The Morgan fingerprint density at radius 2 is 2.00 bits per heavy atom. The summed E-state index contributed by atoms with van der Waals surface area (Å²) in [5.74, 6) is 0. The van der Waals surface area contributed by atoms with Crippen LogP contribution in [-0.2, 0) is 16.1 Å². The highest BCUT2D eigenvalue weighted by molar-refractivity contribution is 9.10. The zero-order valence-electron chi connectivity index (χ0n) is 10.4. The standard InChI is InChI=1S/C14H19BrO2/c1-10-6-14(7-11(2)17-10)16-9-12-4-3-5-13(15)8-12/h3-5,8,10-11,14H,6-7,9H2,1-2H3. The average Bonchev–Trinajstić information content (AvgIpc) is 2.25. The highest BCUT2D eigenvalue weighted by Crippen LogP contribution is 2.23. The van der Waals surface area contributed by atoms with Crippen LogP contribution in [0.1, 0.15) is 32.3 Å². The molecule has 2 atom stereocenters. The molecule has 1 aliphatic rings. The molecule has 0 saturated carbocycles. The molecule has 0 aliphatic carbocycles. The van der Waals surface area contributed by atoms with Gasteiger partial charge in [-0.25, -0.2) is 0 Å². The molecule has 3 heteroatoms. The van der Waals surface area contributed by atoms with Gasteiger partial charge in [-0.2, -0.15) is 0 Å². The Morgan fingerprint density at radius 3 is 2.65 bits per heavy atom. The minimum Gasteiger partial charge on any atom is -0.375 e. The number of benzene rings is 1. The van der Waals surface area contributed by atoms with Crippen LogP contribution >= 0.6 is 15.9 Å². The SMILES string of the molecule is CC1CC(OCc2cccc(Br)c2)CC(C)O1. The van der Waals surface area contributed by atoms with Crippen LogP contribution in [0.4, 0.5) is 0 Å². The van der Waals surface area contributed by atoms with Crippen molar-refractivity contribution < 1.29 is 9.47 Å². The van der Waals surface area contributed by atoms with Gasteiger partial charge in [-0.15, -0.1) is 0 Å². The van der Waals surface area contributed by atoms with Crippen molar-refractivity contribution >= 4 is 15.9 Å². The van der Waals surface area contributed by atoms with Gasteiger partial charge in [-0.3, -0.25) is 0 Å². The van der Waals surface area contributed by atoms with Crippen molar-refractivity contribution in [2.45, 2.75) is 51.6 Å². The second-order valence-corrected chi connectivity index (χ2v) is 5.71. The van der Waals surface area contributed by atoms with Gasteiger partial charge in [0, 0.05) is 4.47 Å². The van der Waals surface area contributed by atoms with Crippen molar-refractivity contribution in [3.05, 3.63) is 34.3 Å². The highest BCUT2D eigenvalue weighted by Gasteiger charge is 2.24. The van der Waals surface area contributed by atoms with Gasteiger partial charge in [0.2, 0.25) is 0 Å². The van der Waals surface area contributed by atoms with Gasteiger partial charge >= 0.3 is 0 Å². The monoisotopic (exact) mass is 298 g/mol. The molecule has 1 saturated heterocycles. The van der Waals surface area contributed by atoms with Crippen molar-refractivity contribution in [1.82, 2.24) is 0 Å². The van der Waals surface area contributed by atoms with E-state index in [1.807, 2.05) is 12.1 Å². The first-order chi connectivity index (χ1) is 8.13. The lowest BCUT2D eigenvalue weighted by Gasteiger charge is -2.32. The lowest BCUT2D eigenvalue weighted by molar-refractivity contribution is -0.106. The lowest BCUT2D eigenvalue weighted by atomic mass is 10.0. The summed E-state index contributed by atoms with van der Waals surface area (Å²) in [6.07, 6.45) is 2.95. The van der Waals surface area contributed by atoms with Crippen molar-refractivity contribution in [3.63, 3.8) is 0 Å². The third-order valence-electron chi connectivity index (χ3n) is 3.03. The Hall–Kier alpha value is -0.380. The fourth-order valence-corrected chi connectivity index (χ4v) is 2.77. The summed E-state index contributed by atoms with van der Waals surface area (Å²) in [5, 5.41) is 0. The van der Waals surface area contributed by atoms with Gasteiger partial charge < -0.3 is 9.47 Å². The van der Waals surface area contributed by atoms with Crippen LogP contribution in [0.15, 0.2) is 28.7 Å². The van der Waals surface area contributed by atoms with E-state index in [1.54, 1.807) is 0 Å². The number of rotatable bonds is 3. The van der Waals surface area contributed by atoms with Crippen molar-refractivity contribution in [2.75, 3.05) is 0 Å². The molecule has 1 aromatic carbocycles. The molecule has 2 unspecified atom stereocenters. The lowest BCUT2D eigenvalue weighted by Crippen LogP contribution is -2.33. The highest BCUT2D eigenvalue weighted by atomic mass is 79.9. The van der Waals surface area contributed by atoms with Crippen LogP contribution in [0.3, 0.4) is 0 Å². The number of ether oxygens (including phenoxy) is 2. The minimum atomic E-state index is 0.311. The van der Waals surface area contributed by atoms with Crippen LogP contribution in [0, 0.1) is 0 Å². The zero-order chi connectivity index (χ0) is 12.3. The Labute approximate surface area is 111 Å². The summed E-state index contributed by atoms with van der Waals surface area (Å²) >= 11 is 3.47. The summed E-state index contributed by atoms with van der Waals surface area (Å²) in [7, 11) is 0. The average molecular weight is 299 g/mol. The van der Waals surface area contributed by atoms with Crippen LogP contribution in [0.25, 0.3) is 0 Å². The van der Waals surface area contributed by atoms with Crippen molar-refractivity contribution in [3.8, 4) is 0 Å². The molecule has 1 aliphatic heterocycles. The molecule has 1 fully saturated rings. The van der Waals surface area contributed by atoms with Gasteiger partial charge in [0.05, 0.1) is 24.9 Å². The topological polar surface area (TPSA) is 18.5 Å². The maximum absolute atomic E-state index is 5.96. The molecule has 0 N–H and O–H groups in total. The molecule has 0 radical (unpaired) electrons. The van der Waals surface area contributed by atoms with E-state index in [0.717, 1.165) is 17.3 Å². The summed E-state index contributed by atoms with van der Waals surface area (Å²) in [5.41, 5.74) is 1.21. The van der Waals surface area contributed by atoms with E-state index in [2.05, 4.69) is 41.9 Å². The molecule has 17 heavy (non-hydrogen) atoms. The van der Waals surface area contributed by atoms with E-state index in [4.69, 9.17) is 9.47 Å². The normalized spacial score (nSPS) is 29.2. The Morgan fingerprint density at radius 1 is 1.29 bits per heavy atom. The molecule has 94 valence electrons. The molecule has 0 amide bonds. The van der Waals surface area contributed by atoms with E-state index >= 15 is 0 Å². The van der Waals surface area contributed by atoms with E-state index in [9.17, 15) is 0 Å². The molecule has 0 spiro atoms. The number of hydrogen-bond acceptors (Lipinski definition) is 2. The second kappa shape index (κ2) is 5.98. The predicted molar refractivity (Wildman–Crippen MR) is 72.0 cm³/mol. The Bertz CT molecular complexity index is 357. The quantitative estimate of drug-likeness (QED) is 0.842. The Kier molecular flexibility index (Phi) is 4.60. The van der Waals surface area contributed by atoms with Crippen LogP contribution < -0.4 is 0 Å². The van der Waals surface area contributed by atoms with Gasteiger partial charge in [0.1, 0.15) is 0 Å². The van der Waals surface area contributed by atoms with E-state index < -0.39 is 0 Å². The molecule has 1 aromatic rings. The molecule has 2 nitrogen and oxygen atoms in total. The fourth-order valence-electron chi connectivity index (χ4n) is 2.32.